The summed E-state index contributed by atoms with van der Waals surface area (Å²) >= 11 is 13.9. The van der Waals surface area contributed by atoms with Gasteiger partial charge in [0.25, 0.3) is 0 Å². The maximum atomic E-state index is 13.1. The molecule has 2 amide bonds. The predicted molar refractivity (Wildman–Crippen MR) is 145 cm³/mol. The monoisotopic (exact) mass is 573 g/mol. The molecule has 0 fully saturated rings. The van der Waals surface area contributed by atoms with Gasteiger partial charge in [0.05, 0.1) is 46.2 Å². The zero-order chi connectivity index (χ0) is 27.4. The number of rotatable bonds is 7. The number of amides is 2. The topological polar surface area (TPSA) is 109 Å². The van der Waals surface area contributed by atoms with Gasteiger partial charge in [-0.2, -0.15) is 5.26 Å². The Bertz CT molecular complexity index is 1330. The molecule has 2 atom stereocenters. The smallest absolute Gasteiger partial charge is 0.319 e. The number of methoxy groups -OCH3 is 1. The number of fused-ring (bicyclic) bond motifs is 1. The summed E-state index contributed by atoms with van der Waals surface area (Å²) in [7, 11) is 1.17. The molecule has 0 radical (unpaired) electrons. The number of thioether (sulfide) groups is 1. The number of hydrogen-bond acceptors (Lipinski definition) is 7. The lowest BCUT2D eigenvalue weighted by atomic mass is 9.78. The van der Waals surface area contributed by atoms with Crippen molar-refractivity contribution < 1.29 is 23.9 Å². The van der Waals surface area contributed by atoms with Crippen LogP contribution in [0, 0.1) is 17.2 Å². The number of carbonyl (C=O) groups is 3. The number of benzene rings is 2. The number of hydrogen-bond donors (Lipinski definition) is 1. The van der Waals surface area contributed by atoms with Gasteiger partial charge in [0.2, 0.25) is 11.8 Å². The summed E-state index contributed by atoms with van der Waals surface area (Å²) in [6.07, 6.45) is 0.762. The Morgan fingerprint density at radius 3 is 2.53 bits per heavy atom. The first kappa shape index (κ1) is 27.8. The second-order valence-corrected chi connectivity index (χ2v) is 10.5. The first-order chi connectivity index (χ1) is 18.3. The van der Waals surface area contributed by atoms with Gasteiger partial charge in [0, 0.05) is 19.0 Å². The Hall–Kier alpha value is -3.19. The zero-order valence-electron chi connectivity index (χ0n) is 20.8. The molecule has 2 aromatic rings. The zero-order valence-corrected chi connectivity index (χ0v) is 23.1. The molecule has 0 aliphatic carbocycles. The van der Waals surface area contributed by atoms with Gasteiger partial charge in [-0.1, -0.05) is 59.2 Å². The summed E-state index contributed by atoms with van der Waals surface area (Å²) in [5.74, 6) is -3.69. The third-order valence-electron chi connectivity index (χ3n) is 6.48. The highest BCUT2D eigenvalue weighted by molar-refractivity contribution is 8.03. The van der Waals surface area contributed by atoms with Crippen molar-refractivity contribution in [1.29, 1.82) is 5.26 Å². The van der Waals surface area contributed by atoms with Gasteiger partial charge in [-0.15, -0.1) is 0 Å². The highest BCUT2D eigenvalue weighted by Gasteiger charge is 2.45. The molecule has 11 heteroatoms. The van der Waals surface area contributed by atoms with Crippen LogP contribution in [-0.4, -0.2) is 48.7 Å². The standard InChI is InChI=1S/C27H25Cl2N3O5S/c1-3-37-24-19(28)10-17(11-20(24)29)22-18(12-30)26(31-25(34)23(22)27(35)36-2)38-14-21(33)32-9-8-15-6-4-5-7-16(15)13-32/h4-7,10-11,22-23H,3,8-9,13-14H2,1-2H3,(H,31,34)/t22-,23+/m0/s1. The van der Waals surface area contributed by atoms with Crippen molar-refractivity contribution in [2.24, 2.45) is 5.92 Å². The van der Waals surface area contributed by atoms with Gasteiger partial charge in [0.1, 0.15) is 5.92 Å². The van der Waals surface area contributed by atoms with Gasteiger partial charge in [-0.05, 0) is 42.2 Å². The van der Waals surface area contributed by atoms with Crippen LogP contribution in [0.5, 0.6) is 5.75 Å². The minimum atomic E-state index is -1.35. The fraction of sp³-hybridized carbons (Fsp3) is 0.333. The lowest BCUT2D eigenvalue weighted by molar-refractivity contribution is -0.150. The summed E-state index contributed by atoms with van der Waals surface area (Å²) in [4.78, 5) is 40.6. The molecule has 2 aromatic carbocycles. The van der Waals surface area contributed by atoms with E-state index in [0.717, 1.165) is 23.7 Å². The van der Waals surface area contributed by atoms with Gasteiger partial charge >= 0.3 is 5.97 Å². The highest BCUT2D eigenvalue weighted by Crippen LogP contribution is 2.44. The summed E-state index contributed by atoms with van der Waals surface area (Å²) < 4.78 is 10.4. The van der Waals surface area contributed by atoms with Gasteiger partial charge in [-0.25, -0.2) is 0 Å². The van der Waals surface area contributed by atoms with Crippen molar-refractivity contribution in [1.82, 2.24) is 10.2 Å². The summed E-state index contributed by atoms with van der Waals surface area (Å²) in [6.45, 7) is 3.20. The molecule has 8 nitrogen and oxygen atoms in total. The van der Waals surface area contributed by atoms with Crippen LogP contribution >= 0.6 is 35.0 Å². The fourth-order valence-electron chi connectivity index (χ4n) is 4.65. The van der Waals surface area contributed by atoms with E-state index in [9.17, 15) is 19.6 Å². The quantitative estimate of drug-likeness (QED) is 0.385. The number of esters is 1. The molecule has 198 valence electrons. The number of halogens is 2. The normalized spacial score (nSPS) is 18.8. The van der Waals surface area contributed by atoms with Crippen LogP contribution < -0.4 is 10.1 Å². The maximum Gasteiger partial charge on any atom is 0.319 e. The van der Waals surface area contributed by atoms with Crippen LogP contribution in [0.4, 0.5) is 0 Å². The van der Waals surface area contributed by atoms with Crippen LogP contribution in [0.15, 0.2) is 47.0 Å². The van der Waals surface area contributed by atoms with Crippen LogP contribution in [0.1, 0.15) is 29.5 Å². The molecule has 4 rings (SSSR count). The number of nitrogens with one attached hydrogen (secondary N) is 1. The summed E-state index contributed by atoms with van der Waals surface area (Å²) in [6, 6.07) is 13.2. The molecule has 2 aliphatic heterocycles. The lowest BCUT2D eigenvalue weighted by Gasteiger charge is -2.32. The molecule has 2 heterocycles. The van der Waals surface area contributed by atoms with Crippen LogP contribution in [0.2, 0.25) is 10.0 Å². The Kier molecular flexibility index (Phi) is 8.87. The number of allylic oxidation sites excluding steroid dienone is 1. The van der Waals surface area contributed by atoms with Crippen molar-refractivity contribution >= 4 is 52.7 Å². The SMILES string of the molecule is CCOc1c(Cl)cc([C@H]2C(C#N)=C(SCC(=O)N3CCc4ccccc4C3)NC(=O)[C@@H]2C(=O)OC)cc1Cl. The van der Waals surface area contributed by atoms with E-state index in [4.69, 9.17) is 32.7 Å². The molecule has 0 spiro atoms. The summed E-state index contributed by atoms with van der Waals surface area (Å²) in [5, 5.41) is 13.3. The Balaban J connectivity index is 1.64. The second kappa shape index (κ2) is 12.1. The first-order valence-electron chi connectivity index (χ1n) is 11.9. The maximum absolute atomic E-state index is 13.1. The number of carbonyl (C=O) groups excluding carboxylic acids is 3. The predicted octanol–water partition coefficient (Wildman–Crippen LogP) is 4.45. The molecular formula is C27H25Cl2N3O5S. The molecule has 0 saturated heterocycles. The van der Waals surface area contributed by atoms with Crippen molar-refractivity contribution in [3.05, 3.63) is 73.7 Å². The van der Waals surface area contributed by atoms with E-state index < -0.39 is 23.7 Å². The second-order valence-electron chi connectivity index (χ2n) is 8.69. The minimum absolute atomic E-state index is 0.00333. The molecule has 0 unspecified atom stereocenters. The van der Waals surface area contributed by atoms with E-state index in [2.05, 4.69) is 17.5 Å². The van der Waals surface area contributed by atoms with E-state index in [1.165, 1.54) is 24.8 Å². The number of nitrogens with zero attached hydrogens (tertiary/aromatic N) is 2. The van der Waals surface area contributed by atoms with E-state index in [-0.39, 0.29) is 38.1 Å². The average Bonchev–Trinajstić information content (AvgIpc) is 2.92. The van der Waals surface area contributed by atoms with E-state index in [1.54, 1.807) is 11.8 Å². The molecule has 1 N–H and O–H groups in total. The Morgan fingerprint density at radius 1 is 1.21 bits per heavy atom. The van der Waals surface area contributed by atoms with Gasteiger partial charge in [-0.3, -0.25) is 14.4 Å². The van der Waals surface area contributed by atoms with Gasteiger partial charge < -0.3 is 19.7 Å². The molecule has 38 heavy (non-hydrogen) atoms. The highest BCUT2D eigenvalue weighted by atomic mass is 35.5. The number of nitriles is 1. The van der Waals surface area contributed by atoms with Crippen LogP contribution in [0.25, 0.3) is 0 Å². The largest absolute Gasteiger partial charge is 0.491 e. The van der Waals surface area contributed by atoms with Crippen molar-refractivity contribution in [3.8, 4) is 11.8 Å². The van der Waals surface area contributed by atoms with E-state index >= 15 is 0 Å². The average molecular weight is 574 g/mol. The Morgan fingerprint density at radius 2 is 1.89 bits per heavy atom. The minimum Gasteiger partial charge on any atom is -0.491 e. The summed E-state index contributed by atoms with van der Waals surface area (Å²) in [5.41, 5.74) is 2.81. The molecule has 2 aliphatic rings. The molecule has 0 saturated carbocycles. The third kappa shape index (κ3) is 5.63. The van der Waals surface area contributed by atoms with Gasteiger partial charge in [0.15, 0.2) is 5.75 Å². The van der Waals surface area contributed by atoms with E-state index in [0.29, 0.717) is 25.3 Å². The fourth-order valence-corrected chi connectivity index (χ4v) is 6.22. The van der Waals surface area contributed by atoms with Crippen molar-refractivity contribution in [2.45, 2.75) is 25.8 Å². The molecule has 0 bridgehead atoms. The van der Waals surface area contributed by atoms with Crippen molar-refractivity contribution in [3.63, 3.8) is 0 Å². The molecule has 0 aromatic heterocycles. The molecular weight excluding hydrogens is 549 g/mol. The Labute approximate surface area is 234 Å². The first-order valence-corrected chi connectivity index (χ1v) is 13.6. The van der Waals surface area contributed by atoms with E-state index in [1.807, 2.05) is 18.2 Å². The van der Waals surface area contributed by atoms with Crippen LogP contribution in [-0.2, 0) is 32.1 Å². The van der Waals surface area contributed by atoms with Crippen LogP contribution in [0.3, 0.4) is 0 Å². The third-order valence-corrected chi connectivity index (χ3v) is 8.04. The lowest BCUT2D eigenvalue weighted by Crippen LogP contribution is -2.44. The number of ether oxygens (including phenoxy) is 2. The van der Waals surface area contributed by atoms with Crippen molar-refractivity contribution in [2.75, 3.05) is 26.0 Å².